The van der Waals surface area contributed by atoms with E-state index in [0.29, 0.717) is 22.5 Å². The van der Waals surface area contributed by atoms with Gasteiger partial charge in [-0.1, -0.05) is 42.5 Å². The zero-order valence-electron chi connectivity index (χ0n) is 18.6. The van der Waals surface area contributed by atoms with Crippen molar-refractivity contribution in [2.75, 3.05) is 17.7 Å². The third kappa shape index (κ3) is 3.34. The molecule has 5 rings (SSSR count). The molecule has 11 nitrogen and oxygen atoms in total. The number of nitrogens with zero attached hydrogens (tertiary/aromatic N) is 6. The zero-order chi connectivity index (χ0) is 24.0. The fourth-order valence-electron chi connectivity index (χ4n) is 4.15. The monoisotopic (exact) mass is 458 g/mol. The number of aromatic amines is 1. The Kier molecular flexibility index (Phi) is 5.01. The molecule has 0 saturated carbocycles. The Balaban J connectivity index is 1.60. The van der Waals surface area contributed by atoms with Crippen LogP contribution in [0.2, 0.25) is 0 Å². The third-order valence-electron chi connectivity index (χ3n) is 5.85. The number of nitrogen functional groups attached to an aromatic ring is 1. The summed E-state index contributed by atoms with van der Waals surface area (Å²) in [6, 6.07) is 16.5. The molecule has 0 aliphatic rings. The largest absolute Gasteiger partial charge is 0.383 e. The van der Waals surface area contributed by atoms with E-state index in [1.165, 1.54) is 9.13 Å². The van der Waals surface area contributed by atoms with Crippen LogP contribution in [-0.2, 0) is 20.1 Å². The highest BCUT2D eigenvalue weighted by molar-refractivity contribution is 5.80. The second-order valence-electron chi connectivity index (χ2n) is 8.05. The summed E-state index contributed by atoms with van der Waals surface area (Å²) < 4.78 is 4.53. The van der Waals surface area contributed by atoms with E-state index in [9.17, 15) is 14.4 Å². The standard InChI is InChI=1S/C23H22N8O3/c1-28(18-19(24)30(23(34)25-20(18)32)12-14-8-4-3-5-9-14)13-17-26-27-22-29(2)21(33)15-10-6-7-11-16(15)31(17)22/h3-11H,12-13,24H2,1-2H3,(H,25,32,34). The summed E-state index contributed by atoms with van der Waals surface area (Å²) in [5, 5.41) is 8.98. The van der Waals surface area contributed by atoms with E-state index in [0.717, 1.165) is 5.56 Å². The van der Waals surface area contributed by atoms with Gasteiger partial charge in [0.25, 0.3) is 11.1 Å². The summed E-state index contributed by atoms with van der Waals surface area (Å²) in [7, 11) is 3.32. The number of aromatic nitrogens is 6. The molecule has 3 heterocycles. The van der Waals surface area contributed by atoms with E-state index < -0.39 is 11.2 Å². The predicted molar refractivity (Wildman–Crippen MR) is 129 cm³/mol. The zero-order valence-corrected chi connectivity index (χ0v) is 18.6. The molecule has 0 unspecified atom stereocenters. The molecule has 5 aromatic rings. The summed E-state index contributed by atoms with van der Waals surface area (Å²) in [4.78, 5) is 41.9. The summed E-state index contributed by atoms with van der Waals surface area (Å²) in [5.74, 6) is 0.929. The van der Waals surface area contributed by atoms with Crippen molar-refractivity contribution in [1.29, 1.82) is 0 Å². The molecule has 0 atom stereocenters. The van der Waals surface area contributed by atoms with Gasteiger partial charge in [-0.2, -0.15) is 0 Å². The smallest absolute Gasteiger partial charge is 0.330 e. The van der Waals surface area contributed by atoms with E-state index in [2.05, 4.69) is 15.2 Å². The minimum atomic E-state index is -0.597. The molecule has 172 valence electrons. The highest BCUT2D eigenvalue weighted by Gasteiger charge is 2.20. The Hall–Kier alpha value is -4.67. The summed E-state index contributed by atoms with van der Waals surface area (Å²) in [6.07, 6.45) is 0. The van der Waals surface area contributed by atoms with E-state index >= 15 is 0 Å². The van der Waals surface area contributed by atoms with Gasteiger partial charge in [-0.25, -0.2) is 4.79 Å². The molecule has 0 radical (unpaired) electrons. The number of H-pyrrole nitrogens is 1. The quantitative estimate of drug-likeness (QED) is 0.396. The Bertz CT molecular complexity index is 1710. The lowest BCUT2D eigenvalue weighted by atomic mass is 10.2. The van der Waals surface area contributed by atoms with Crippen LogP contribution in [0, 0.1) is 0 Å². The topological polar surface area (TPSA) is 136 Å². The molecule has 0 amide bonds. The van der Waals surface area contributed by atoms with Crippen molar-refractivity contribution in [3.8, 4) is 0 Å². The Morgan fingerprint density at radius 2 is 1.71 bits per heavy atom. The first kappa shape index (κ1) is 21.2. The lowest BCUT2D eigenvalue weighted by Gasteiger charge is -2.21. The first-order chi connectivity index (χ1) is 16.4. The number of para-hydroxylation sites is 1. The summed E-state index contributed by atoms with van der Waals surface area (Å²) in [6.45, 7) is 0.365. The van der Waals surface area contributed by atoms with Crippen LogP contribution in [0.15, 0.2) is 69.0 Å². The molecule has 2 aromatic carbocycles. The Morgan fingerprint density at radius 3 is 2.47 bits per heavy atom. The molecule has 0 aliphatic carbocycles. The molecule has 34 heavy (non-hydrogen) atoms. The third-order valence-corrected chi connectivity index (χ3v) is 5.85. The van der Waals surface area contributed by atoms with Gasteiger partial charge in [0, 0.05) is 14.1 Å². The number of hydrogen-bond acceptors (Lipinski definition) is 7. The van der Waals surface area contributed by atoms with Crippen LogP contribution in [0.4, 0.5) is 11.5 Å². The maximum atomic E-state index is 12.7. The summed E-state index contributed by atoms with van der Waals surface area (Å²) in [5.41, 5.74) is 6.63. The fourth-order valence-corrected chi connectivity index (χ4v) is 4.15. The number of hydrogen-bond donors (Lipinski definition) is 2. The molecule has 3 aromatic heterocycles. The number of benzene rings is 2. The van der Waals surface area contributed by atoms with Crippen LogP contribution >= 0.6 is 0 Å². The van der Waals surface area contributed by atoms with E-state index in [-0.39, 0.29) is 30.2 Å². The number of nitrogens with two attached hydrogens (primary N) is 1. The van der Waals surface area contributed by atoms with Crippen molar-refractivity contribution < 1.29 is 0 Å². The van der Waals surface area contributed by atoms with Crippen LogP contribution in [0.1, 0.15) is 11.4 Å². The van der Waals surface area contributed by atoms with Gasteiger partial charge < -0.3 is 10.6 Å². The number of fused-ring (bicyclic) bond motifs is 3. The fraction of sp³-hybridized carbons (Fsp3) is 0.174. The molecule has 0 spiro atoms. The highest BCUT2D eigenvalue weighted by atomic mass is 16.2. The Morgan fingerprint density at radius 1 is 1.00 bits per heavy atom. The SMILES string of the molecule is CN(Cc1nnc2n(C)c(=O)c3ccccc3n12)c1c(N)n(Cc2ccccc2)c(=O)[nH]c1=O. The maximum absolute atomic E-state index is 12.7. The van der Waals surface area contributed by atoms with Crippen LogP contribution in [0.3, 0.4) is 0 Å². The number of aryl methyl sites for hydroxylation is 1. The first-order valence-corrected chi connectivity index (χ1v) is 10.6. The van der Waals surface area contributed by atoms with Crippen LogP contribution in [0.25, 0.3) is 16.7 Å². The van der Waals surface area contributed by atoms with Gasteiger partial charge in [-0.05, 0) is 17.7 Å². The average Bonchev–Trinajstić information content (AvgIpc) is 3.24. The van der Waals surface area contributed by atoms with E-state index in [1.807, 2.05) is 42.5 Å². The van der Waals surface area contributed by atoms with Gasteiger partial charge in [0.2, 0.25) is 5.78 Å². The van der Waals surface area contributed by atoms with E-state index in [1.54, 1.807) is 35.5 Å². The Labute approximate surface area is 192 Å². The van der Waals surface area contributed by atoms with Gasteiger partial charge in [-0.3, -0.25) is 28.1 Å². The second-order valence-corrected chi connectivity index (χ2v) is 8.05. The van der Waals surface area contributed by atoms with Gasteiger partial charge in [-0.15, -0.1) is 10.2 Å². The van der Waals surface area contributed by atoms with Crippen molar-refractivity contribution in [2.45, 2.75) is 13.1 Å². The lowest BCUT2D eigenvalue weighted by molar-refractivity contribution is 0.721. The normalized spacial score (nSPS) is 11.4. The molecule has 0 fully saturated rings. The highest BCUT2D eigenvalue weighted by Crippen LogP contribution is 2.20. The van der Waals surface area contributed by atoms with Crippen molar-refractivity contribution in [3.05, 3.63) is 97.2 Å². The van der Waals surface area contributed by atoms with Crippen LogP contribution in [0.5, 0.6) is 0 Å². The minimum Gasteiger partial charge on any atom is -0.383 e. The van der Waals surface area contributed by atoms with Crippen LogP contribution < -0.4 is 27.4 Å². The van der Waals surface area contributed by atoms with Crippen molar-refractivity contribution >= 4 is 28.2 Å². The van der Waals surface area contributed by atoms with Crippen molar-refractivity contribution in [3.63, 3.8) is 0 Å². The molecule has 0 saturated heterocycles. The number of rotatable bonds is 5. The number of nitrogens with one attached hydrogen (secondary N) is 1. The lowest BCUT2D eigenvalue weighted by Crippen LogP contribution is -2.37. The molecule has 11 heteroatoms. The van der Waals surface area contributed by atoms with Gasteiger partial charge in [0.1, 0.15) is 11.5 Å². The van der Waals surface area contributed by atoms with Crippen LogP contribution in [-0.4, -0.2) is 35.8 Å². The molecule has 3 N–H and O–H groups in total. The van der Waals surface area contributed by atoms with E-state index in [4.69, 9.17) is 5.73 Å². The first-order valence-electron chi connectivity index (χ1n) is 10.6. The van der Waals surface area contributed by atoms with Crippen molar-refractivity contribution in [1.82, 2.24) is 28.7 Å². The molecule has 0 bridgehead atoms. The minimum absolute atomic E-state index is 0.0474. The number of anilines is 2. The molecular formula is C23H22N8O3. The van der Waals surface area contributed by atoms with Gasteiger partial charge >= 0.3 is 5.69 Å². The second kappa shape index (κ2) is 8.03. The summed E-state index contributed by atoms with van der Waals surface area (Å²) >= 11 is 0. The predicted octanol–water partition coefficient (Wildman–Crippen LogP) is 0.698. The van der Waals surface area contributed by atoms with Gasteiger partial charge in [0.15, 0.2) is 5.82 Å². The molecular weight excluding hydrogens is 436 g/mol. The van der Waals surface area contributed by atoms with Crippen molar-refractivity contribution in [2.24, 2.45) is 7.05 Å². The average molecular weight is 458 g/mol. The molecule has 0 aliphatic heterocycles. The maximum Gasteiger partial charge on any atom is 0.330 e. The van der Waals surface area contributed by atoms with Gasteiger partial charge in [0.05, 0.1) is 24.0 Å².